The molecule has 0 aliphatic carbocycles. The molecule has 7 nitrogen and oxygen atoms in total. The lowest BCUT2D eigenvalue weighted by Gasteiger charge is -2.27. The highest BCUT2D eigenvalue weighted by Gasteiger charge is 2.36. The summed E-state index contributed by atoms with van der Waals surface area (Å²) in [6.07, 6.45) is 1.87. The Morgan fingerprint density at radius 1 is 1.11 bits per heavy atom. The normalized spacial score (nSPS) is 15.3. The molecule has 8 heteroatoms. The summed E-state index contributed by atoms with van der Waals surface area (Å²) in [5.74, 6) is 0.0846. The van der Waals surface area contributed by atoms with Gasteiger partial charge in [0.1, 0.15) is 11.8 Å². The molecule has 1 aromatic heterocycles. The Hall–Kier alpha value is -4.17. The van der Waals surface area contributed by atoms with Crippen LogP contribution in [0.15, 0.2) is 81.7 Å². The number of anilines is 1. The second-order valence-corrected chi connectivity index (χ2v) is 10.2. The van der Waals surface area contributed by atoms with E-state index in [1.807, 2.05) is 85.7 Å². The van der Waals surface area contributed by atoms with Crippen LogP contribution in [0.2, 0.25) is 0 Å². The first-order chi connectivity index (χ1) is 18.3. The lowest BCUT2D eigenvalue weighted by atomic mass is 9.90. The molecule has 0 saturated carbocycles. The minimum Gasteiger partial charge on any atom is -0.496 e. The number of carbonyl (C=O) groups excluding carboxylic acids is 1. The molecular formula is C30H29N3O4S. The third-order valence-corrected chi connectivity index (χ3v) is 7.63. The fourth-order valence-corrected chi connectivity index (χ4v) is 5.87. The quantitative estimate of drug-likeness (QED) is 0.354. The molecule has 0 saturated heterocycles. The van der Waals surface area contributed by atoms with Crippen molar-refractivity contribution in [2.75, 3.05) is 32.7 Å². The average Bonchev–Trinajstić information content (AvgIpc) is 3.21. The molecule has 0 amide bonds. The van der Waals surface area contributed by atoms with Crippen LogP contribution < -0.4 is 24.5 Å². The molecule has 5 rings (SSSR count). The van der Waals surface area contributed by atoms with Crippen LogP contribution in [0.25, 0.3) is 16.8 Å². The molecule has 0 radical (unpaired) electrons. The number of allylic oxidation sites excluding steroid dienone is 1. The molecule has 4 aromatic rings. The lowest BCUT2D eigenvalue weighted by Crippen LogP contribution is -2.40. The molecule has 194 valence electrons. The van der Waals surface area contributed by atoms with Gasteiger partial charge in [0.2, 0.25) is 0 Å². The number of benzene rings is 3. The number of hydrogen-bond acceptors (Lipinski definition) is 7. The van der Waals surface area contributed by atoms with Gasteiger partial charge in [0.25, 0.3) is 5.56 Å². The average molecular weight is 528 g/mol. The molecule has 38 heavy (non-hydrogen) atoms. The highest BCUT2D eigenvalue weighted by molar-refractivity contribution is 7.07. The fourth-order valence-electron chi connectivity index (χ4n) is 4.82. The van der Waals surface area contributed by atoms with E-state index in [1.54, 1.807) is 25.5 Å². The van der Waals surface area contributed by atoms with Crippen LogP contribution in [0.5, 0.6) is 5.75 Å². The highest BCUT2D eigenvalue weighted by Crippen LogP contribution is 2.40. The maximum Gasteiger partial charge on any atom is 0.338 e. The van der Waals surface area contributed by atoms with Crippen LogP contribution in [0.4, 0.5) is 5.69 Å². The molecule has 3 aromatic carbocycles. The third kappa shape index (κ3) is 4.41. The Morgan fingerprint density at radius 3 is 2.53 bits per heavy atom. The maximum atomic E-state index is 14.0. The van der Waals surface area contributed by atoms with Gasteiger partial charge in [-0.15, -0.1) is 0 Å². The van der Waals surface area contributed by atoms with Crippen molar-refractivity contribution in [3.8, 4) is 5.75 Å². The number of carbonyl (C=O) groups is 1. The number of methoxy groups -OCH3 is 1. The SMILES string of the molecule is CCOC(=O)C1=C(C)N=c2s/c(=C\c3ccc(N(C)C)cc3)c(=O)n2C1c1c(OC)ccc2ccccc12. The van der Waals surface area contributed by atoms with E-state index in [-0.39, 0.29) is 12.2 Å². The molecule has 1 unspecified atom stereocenters. The Morgan fingerprint density at radius 2 is 1.84 bits per heavy atom. The van der Waals surface area contributed by atoms with Gasteiger partial charge in [-0.1, -0.05) is 53.8 Å². The number of fused-ring (bicyclic) bond motifs is 2. The summed E-state index contributed by atoms with van der Waals surface area (Å²) < 4.78 is 13.4. The van der Waals surface area contributed by atoms with Crippen molar-refractivity contribution in [2.24, 2.45) is 4.99 Å². The zero-order chi connectivity index (χ0) is 27.0. The van der Waals surface area contributed by atoms with E-state index in [9.17, 15) is 9.59 Å². The molecule has 0 N–H and O–H groups in total. The van der Waals surface area contributed by atoms with Gasteiger partial charge in [-0.05, 0) is 54.5 Å². The second kappa shape index (κ2) is 10.3. The van der Waals surface area contributed by atoms with Crippen molar-refractivity contribution in [1.29, 1.82) is 0 Å². The Balaban J connectivity index is 1.80. The molecule has 2 heterocycles. The van der Waals surface area contributed by atoms with Crippen molar-refractivity contribution in [3.05, 3.63) is 103 Å². The number of thiazole rings is 1. The van der Waals surface area contributed by atoms with E-state index < -0.39 is 12.0 Å². The molecular weight excluding hydrogens is 498 g/mol. The molecule has 0 spiro atoms. The summed E-state index contributed by atoms with van der Waals surface area (Å²) in [5, 5.41) is 1.87. The van der Waals surface area contributed by atoms with Gasteiger partial charge in [0.05, 0.1) is 29.5 Å². The summed E-state index contributed by atoms with van der Waals surface area (Å²) in [4.78, 5) is 34.6. The summed E-state index contributed by atoms with van der Waals surface area (Å²) in [6, 6.07) is 18.9. The first kappa shape index (κ1) is 25.5. The molecule has 1 aliphatic rings. The number of esters is 1. The molecule has 0 bridgehead atoms. The minimum absolute atomic E-state index is 0.211. The van der Waals surface area contributed by atoms with Crippen molar-refractivity contribution in [2.45, 2.75) is 19.9 Å². The third-order valence-electron chi connectivity index (χ3n) is 6.65. The Kier molecular flexibility index (Phi) is 6.91. The van der Waals surface area contributed by atoms with E-state index in [0.29, 0.717) is 26.4 Å². The van der Waals surface area contributed by atoms with Crippen LogP contribution in [0.1, 0.15) is 31.0 Å². The van der Waals surface area contributed by atoms with Gasteiger partial charge >= 0.3 is 5.97 Å². The number of nitrogens with zero attached hydrogens (tertiary/aromatic N) is 3. The summed E-state index contributed by atoms with van der Waals surface area (Å²) >= 11 is 1.31. The van der Waals surface area contributed by atoms with Crippen molar-refractivity contribution >= 4 is 39.8 Å². The summed E-state index contributed by atoms with van der Waals surface area (Å²) in [6.45, 7) is 3.76. The second-order valence-electron chi connectivity index (χ2n) is 9.19. The zero-order valence-corrected chi connectivity index (χ0v) is 22.8. The van der Waals surface area contributed by atoms with Gasteiger partial charge in [0, 0.05) is 25.3 Å². The fraction of sp³-hybridized carbons (Fsp3) is 0.233. The largest absolute Gasteiger partial charge is 0.496 e. The van der Waals surface area contributed by atoms with Crippen molar-refractivity contribution in [3.63, 3.8) is 0 Å². The first-order valence-corrected chi connectivity index (χ1v) is 13.2. The van der Waals surface area contributed by atoms with Crippen molar-refractivity contribution < 1.29 is 14.3 Å². The number of rotatable bonds is 6. The van der Waals surface area contributed by atoms with E-state index >= 15 is 0 Å². The monoisotopic (exact) mass is 527 g/mol. The van der Waals surface area contributed by atoms with Crippen LogP contribution >= 0.6 is 11.3 Å². The first-order valence-electron chi connectivity index (χ1n) is 12.4. The van der Waals surface area contributed by atoms with E-state index in [4.69, 9.17) is 14.5 Å². The zero-order valence-electron chi connectivity index (χ0n) is 22.0. The lowest BCUT2D eigenvalue weighted by molar-refractivity contribution is -0.139. The highest BCUT2D eigenvalue weighted by atomic mass is 32.1. The minimum atomic E-state index is -0.760. The topological polar surface area (TPSA) is 73.1 Å². The van der Waals surface area contributed by atoms with Crippen LogP contribution in [-0.2, 0) is 9.53 Å². The summed E-state index contributed by atoms with van der Waals surface area (Å²) in [5.41, 5.74) is 3.33. The number of ether oxygens (including phenoxy) is 2. The van der Waals surface area contributed by atoms with E-state index in [2.05, 4.69) is 0 Å². The number of hydrogen-bond donors (Lipinski definition) is 0. The van der Waals surface area contributed by atoms with E-state index in [1.165, 1.54) is 11.3 Å². The van der Waals surface area contributed by atoms with E-state index in [0.717, 1.165) is 27.6 Å². The Labute approximate surface area is 224 Å². The van der Waals surface area contributed by atoms with Gasteiger partial charge in [-0.3, -0.25) is 9.36 Å². The predicted octanol–water partition coefficient (Wildman–Crippen LogP) is 4.03. The molecule has 1 atom stereocenters. The van der Waals surface area contributed by atoms with Crippen molar-refractivity contribution in [1.82, 2.24) is 4.57 Å². The predicted molar refractivity (Wildman–Crippen MR) is 152 cm³/mol. The molecule has 1 aliphatic heterocycles. The van der Waals surface area contributed by atoms with Gasteiger partial charge in [-0.2, -0.15) is 0 Å². The summed E-state index contributed by atoms with van der Waals surface area (Å²) in [7, 11) is 5.56. The maximum absolute atomic E-state index is 14.0. The van der Waals surface area contributed by atoms with Crippen LogP contribution in [0, 0.1) is 0 Å². The van der Waals surface area contributed by atoms with Crippen LogP contribution in [0.3, 0.4) is 0 Å². The molecule has 0 fully saturated rings. The smallest absolute Gasteiger partial charge is 0.338 e. The standard InChI is InChI=1S/C30H29N3O4S/c1-6-37-29(35)25-18(2)31-30-33(27(25)26-22-10-8-7-9-20(22)13-16-23(26)36-5)28(34)24(38-30)17-19-11-14-21(15-12-19)32(3)4/h7-17,27H,6H2,1-5H3/b24-17-. The number of aromatic nitrogens is 1. The van der Waals surface area contributed by atoms with Gasteiger partial charge in [-0.25, -0.2) is 9.79 Å². The Bertz CT molecular complexity index is 1750. The van der Waals surface area contributed by atoms with Gasteiger partial charge < -0.3 is 14.4 Å². The van der Waals surface area contributed by atoms with Gasteiger partial charge in [0.15, 0.2) is 4.80 Å². The van der Waals surface area contributed by atoms with Crippen LogP contribution in [-0.4, -0.2) is 38.3 Å².